The first-order valence-corrected chi connectivity index (χ1v) is 8.34. The van der Waals surface area contributed by atoms with Crippen LogP contribution in [0.25, 0.3) is 33.1 Å². The van der Waals surface area contributed by atoms with Crippen molar-refractivity contribution in [2.24, 2.45) is 0 Å². The van der Waals surface area contributed by atoms with Gasteiger partial charge in [0.25, 0.3) is 5.91 Å². The second-order valence-corrected chi connectivity index (χ2v) is 6.08. The van der Waals surface area contributed by atoms with Gasteiger partial charge < -0.3 is 9.73 Å². The Morgan fingerprint density at radius 2 is 1.89 bits per heavy atom. The van der Waals surface area contributed by atoms with Gasteiger partial charge in [0.15, 0.2) is 5.76 Å². The molecular formula is C20H13N5O2. The number of carbonyl (C=O) groups excluding carboxylic acids is 1. The van der Waals surface area contributed by atoms with Gasteiger partial charge in [-0.2, -0.15) is 5.21 Å². The van der Waals surface area contributed by atoms with Crippen molar-refractivity contribution >= 4 is 33.3 Å². The number of hydrogen-bond acceptors (Lipinski definition) is 5. The van der Waals surface area contributed by atoms with Crippen LogP contribution in [0.1, 0.15) is 10.6 Å². The Balaban J connectivity index is 1.48. The van der Waals surface area contributed by atoms with Crippen molar-refractivity contribution in [2.45, 2.75) is 0 Å². The van der Waals surface area contributed by atoms with Gasteiger partial charge in [0.05, 0.1) is 0 Å². The highest BCUT2D eigenvalue weighted by Gasteiger charge is 2.15. The summed E-state index contributed by atoms with van der Waals surface area (Å²) in [6, 6.07) is 20.9. The monoisotopic (exact) mass is 355 g/mol. The van der Waals surface area contributed by atoms with Gasteiger partial charge in [0.2, 0.25) is 5.82 Å². The van der Waals surface area contributed by atoms with E-state index in [0.29, 0.717) is 17.1 Å². The Labute approximate surface area is 153 Å². The third kappa shape index (κ3) is 2.71. The molecule has 0 aliphatic rings. The first-order valence-electron chi connectivity index (χ1n) is 8.34. The number of aromatic nitrogens is 4. The maximum absolute atomic E-state index is 12.7. The predicted molar refractivity (Wildman–Crippen MR) is 101 cm³/mol. The Morgan fingerprint density at radius 3 is 2.78 bits per heavy atom. The van der Waals surface area contributed by atoms with Crippen LogP contribution in [0.2, 0.25) is 0 Å². The lowest BCUT2D eigenvalue weighted by atomic mass is 10.1. The van der Waals surface area contributed by atoms with Crippen molar-refractivity contribution in [1.82, 2.24) is 20.6 Å². The van der Waals surface area contributed by atoms with Crippen LogP contribution in [-0.4, -0.2) is 26.5 Å². The molecule has 2 aromatic heterocycles. The molecule has 0 radical (unpaired) electrons. The van der Waals surface area contributed by atoms with Crippen LogP contribution >= 0.6 is 0 Å². The number of nitrogens with one attached hydrogen (secondary N) is 2. The highest BCUT2D eigenvalue weighted by Crippen LogP contribution is 2.28. The molecule has 5 rings (SSSR count). The number of fused-ring (bicyclic) bond motifs is 3. The third-order valence-corrected chi connectivity index (χ3v) is 4.37. The van der Waals surface area contributed by atoms with Gasteiger partial charge in [0.1, 0.15) is 5.58 Å². The zero-order valence-corrected chi connectivity index (χ0v) is 14.0. The number of aromatic amines is 1. The number of nitrogens with zero attached hydrogens (tertiary/aromatic N) is 3. The molecule has 0 fully saturated rings. The minimum atomic E-state index is -0.319. The highest BCUT2D eigenvalue weighted by molar-refractivity contribution is 6.10. The predicted octanol–water partition coefficient (Wildman–Crippen LogP) is 4.02. The molecule has 0 saturated heterocycles. The van der Waals surface area contributed by atoms with E-state index < -0.39 is 0 Å². The second-order valence-electron chi connectivity index (χ2n) is 6.08. The summed E-state index contributed by atoms with van der Waals surface area (Å²) < 4.78 is 5.76. The molecule has 7 heteroatoms. The molecule has 3 aromatic carbocycles. The summed E-state index contributed by atoms with van der Waals surface area (Å²) >= 11 is 0. The molecule has 2 N–H and O–H groups in total. The SMILES string of the molecule is O=C(Nc1cccc(-c2nn[nH]n2)c1)c1cc2c(ccc3ccccc32)o1. The van der Waals surface area contributed by atoms with E-state index in [-0.39, 0.29) is 11.7 Å². The van der Waals surface area contributed by atoms with Crippen LogP contribution in [0.5, 0.6) is 0 Å². The molecule has 2 heterocycles. The number of tetrazole rings is 1. The molecule has 130 valence electrons. The molecule has 0 spiro atoms. The summed E-state index contributed by atoms with van der Waals surface area (Å²) in [6.45, 7) is 0. The molecule has 1 amide bonds. The standard InChI is InChI=1S/C20H13N5O2/c26-20(21-14-6-3-5-13(10-14)19-22-24-25-23-19)18-11-16-15-7-2-1-4-12(15)8-9-17(16)27-18/h1-11H,(H,21,26)(H,22,23,24,25). The summed E-state index contributed by atoms with van der Waals surface area (Å²) in [5, 5.41) is 19.8. The van der Waals surface area contributed by atoms with E-state index in [9.17, 15) is 4.79 Å². The fraction of sp³-hybridized carbons (Fsp3) is 0. The van der Waals surface area contributed by atoms with Crippen LogP contribution in [0.15, 0.2) is 71.1 Å². The lowest BCUT2D eigenvalue weighted by Gasteiger charge is -2.04. The van der Waals surface area contributed by atoms with E-state index in [1.54, 1.807) is 18.2 Å². The van der Waals surface area contributed by atoms with E-state index in [1.807, 2.05) is 48.5 Å². The van der Waals surface area contributed by atoms with Crippen molar-refractivity contribution in [3.05, 3.63) is 72.5 Å². The largest absolute Gasteiger partial charge is 0.451 e. The van der Waals surface area contributed by atoms with Crippen molar-refractivity contribution in [3.63, 3.8) is 0 Å². The summed E-state index contributed by atoms with van der Waals surface area (Å²) in [6.07, 6.45) is 0. The van der Waals surface area contributed by atoms with Gasteiger partial charge in [-0.25, -0.2) is 0 Å². The number of anilines is 1. The fourth-order valence-electron chi connectivity index (χ4n) is 3.12. The molecule has 0 unspecified atom stereocenters. The first-order chi connectivity index (χ1) is 13.3. The maximum atomic E-state index is 12.7. The van der Waals surface area contributed by atoms with Crippen LogP contribution in [0.3, 0.4) is 0 Å². The second kappa shape index (κ2) is 6.06. The normalized spacial score (nSPS) is 11.1. The van der Waals surface area contributed by atoms with Gasteiger partial charge in [-0.3, -0.25) is 4.79 Å². The summed E-state index contributed by atoms with van der Waals surface area (Å²) in [5.74, 6) is 0.396. The Hall–Kier alpha value is -4.00. The van der Waals surface area contributed by atoms with Crippen LogP contribution in [0, 0.1) is 0 Å². The van der Waals surface area contributed by atoms with Gasteiger partial charge in [-0.1, -0.05) is 42.5 Å². The van der Waals surface area contributed by atoms with E-state index in [1.165, 1.54) is 0 Å². The molecule has 7 nitrogen and oxygen atoms in total. The van der Waals surface area contributed by atoms with Crippen LogP contribution in [-0.2, 0) is 0 Å². The third-order valence-electron chi connectivity index (χ3n) is 4.37. The lowest BCUT2D eigenvalue weighted by Crippen LogP contribution is -2.10. The molecule has 0 bridgehead atoms. The van der Waals surface area contributed by atoms with E-state index in [2.05, 4.69) is 25.9 Å². The topological polar surface area (TPSA) is 96.7 Å². The summed E-state index contributed by atoms with van der Waals surface area (Å²) in [5.41, 5.74) is 2.05. The smallest absolute Gasteiger partial charge is 0.291 e. The van der Waals surface area contributed by atoms with Crippen LogP contribution < -0.4 is 5.32 Å². The summed E-state index contributed by atoms with van der Waals surface area (Å²) in [7, 11) is 0. The fourth-order valence-corrected chi connectivity index (χ4v) is 3.12. The van der Waals surface area contributed by atoms with Gasteiger partial charge in [-0.15, -0.1) is 10.2 Å². The van der Waals surface area contributed by atoms with Gasteiger partial charge in [-0.05, 0) is 40.3 Å². The van der Waals surface area contributed by atoms with Crippen molar-refractivity contribution < 1.29 is 9.21 Å². The number of rotatable bonds is 3. The molecule has 27 heavy (non-hydrogen) atoms. The number of furan rings is 1. The molecule has 5 aromatic rings. The Kier molecular flexibility index (Phi) is 3.43. The molecule has 0 aliphatic carbocycles. The number of carbonyl (C=O) groups is 1. The molecule has 0 atom stereocenters. The van der Waals surface area contributed by atoms with E-state index in [0.717, 1.165) is 21.7 Å². The molecule has 0 saturated carbocycles. The number of benzene rings is 3. The maximum Gasteiger partial charge on any atom is 0.291 e. The zero-order chi connectivity index (χ0) is 18.2. The number of hydrogen-bond donors (Lipinski definition) is 2. The van der Waals surface area contributed by atoms with Crippen molar-refractivity contribution in [3.8, 4) is 11.4 Å². The van der Waals surface area contributed by atoms with Crippen LogP contribution in [0.4, 0.5) is 5.69 Å². The lowest BCUT2D eigenvalue weighted by molar-refractivity contribution is 0.0998. The summed E-state index contributed by atoms with van der Waals surface area (Å²) in [4.78, 5) is 12.7. The quantitative estimate of drug-likeness (QED) is 0.509. The van der Waals surface area contributed by atoms with Crippen molar-refractivity contribution in [2.75, 3.05) is 5.32 Å². The minimum Gasteiger partial charge on any atom is -0.451 e. The Bertz CT molecular complexity index is 1270. The minimum absolute atomic E-state index is 0.256. The number of amides is 1. The van der Waals surface area contributed by atoms with Gasteiger partial charge >= 0.3 is 0 Å². The number of H-pyrrole nitrogens is 1. The van der Waals surface area contributed by atoms with E-state index >= 15 is 0 Å². The zero-order valence-electron chi connectivity index (χ0n) is 14.0. The first kappa shape index (κ1) is 15.3. The molecule has 0 aliphatic heterocycles. The molecular weight excluding hydrogens is 342 g/mol. The average Bonchev–Trinajstić information content (AvgIpc) is 3.38. The Morgan fingerprint density at radius 1 is 0.963 bits per heavy atom. The highest BCUT2D eigenvalue weighted by atomic mass is 16.3. The van der Waals surface area contributed by atoms with Crippen molar-refractivity contribution in [1.29, 1.82) is 0 Å². The van der Waals surface area contributed by atoms with E-state index in [4.69, 9.17) is 4.42 Å². The average molecular weight is 355 g/mol. The van der Waals surface area contributed by atoms with Gasteiger partial charge in [0, 0.05) is 16.6 Å².